The number of hydrogen-bond acceptors (Lipinski definition) is 2. The molecule has 1 heterocycles. The highest BCUT2D eigenvalue weighted by atomic mass is 35.5. The van der Waals surface area contributed by atoms with Crippen LogP contribution in [0.5, 0.6) is 0 Å². The van der Waals surface area contributed by atoms with E-state index in [1.165, 1.54) is 0 Å². The Bertz CT molecular complexity index is 222. The van der Waals surface area contributed by atoms with Gasteiger partial charge in [-0.25, -0.2) is 0 Å². The zero-order chi connectivity index (χ0) is 8.27. The summed E-state index contributed by atoms with van der Waals surface area (Å²) < 4.78 is 0.839. The molecule has 11 heavy (non-hydrogen) atoms. The summed E-state index contributed by atoms with van der Waals surface area (Å²) in [5.41, 5.74) is 6.97. The normalized spacial score (nSPS) is 13.4. The van der Waals surface area contributed by atoms with E-state index < -0.39 is 0 Å². The summed E-state index contributed by atoms with van der Waals surface area (Å²) in [5, 5.41) is 1.98. The van der Waals surface area contributed by atoms with Crippen molar-refractivity contribution in [3.8, 4) is 0 Å². The topological polar surface area (TPSA) is 26.0 Å². The van der Waals surface area contributed by atoms with E-state index in [9.17, 15) is 0 Å². The average Bonchev–Trinajstić information content (AvgIpc) is 2.36. The third-order valence-corrected chi connectivity index (χ3v) is 2.85. The second-order valence-electron chi connectivity index (χ2n) is 2.54. The summed E-state index contributed by atoms with van der Waals surface area (Å²) in [7, 11) is 0. The Labute approximate surface area is 76.2 Å². The predicted octanol–water partition coefficient (Wildman–Crippen LogP) is 3.20. The Morgan fingerprint density at radius 1 is 1.73 bits per heavy atom. The highest BCUT2D eigenvalue weighted by Crippen LogP contribution is 2.28. The van der Waals surface area contributed by atoms with Crippen molar-refractivity contribution in [3.63, 3.8) is 0 Å². The average molecular weight is 190 g/mol. The number of thiophene rings is 1. The molecule has 1 rings (SSSR count). The molecule has 0 aromatic carbocycles. The maximum Gasteiger partial charge on any atom is 0.0976 e. The Hall–Kier alpha value is -0.0500. The molecular weight excluding hydrogens is 178 g/mol. The van der Waals surface area contributed by atoms with Gasteiger partial charge in [0.2, 0.25) is 0 Å². The molecule has 0 aliphatic carbocycles. The Morgan fingerprint density at radius 3 is 2.91 bits per heavy atom. The van der Waals surface area contributed by atoms with Gasteiger partial charge in [0.15, 0.2) is 0 Å². The molecule has 1 aromatic rings. The van der Waals surface area contributed by atoms with Gasteiger partial charge in [-0.3, -0.25) is 0 Å². The van der Waals surface area contributed by atoms with Crippen molar-refractivity contribution in [2.45, 2.75) is 25.8 Å². The maximum atomic E-state index is 5.91. The molecule has 2 N–H and O–H groups in total. The van der Waals surface area contributed by atoms with E-state index in [0.717, 1.165) is 22.7 Å². The zero-order valence-electron chi connectivity index (χ0n) is 6.51. The van der Waals surface area contributed by atoms with Crippen LogP contribution in [0.25, 0.3) is 0 Å². The molecule has 0 unspecified atom stereocenters. The smallest absolute Gasteiger partial charge is 0.0976 e. The van der Waals surface area contributed by atoms with Gasteiger partial charge in [-0.1, -0.05) is 24.9 Å². The van der Waals surface area contributed by atoms with Crippen LogP contribution in [0, 0.1) is 0 Å². The largest absolute Gasteiger partial charge is 0.324 e. The van der Waals surface area contributed by atoms with E-state index in [1.807, 2.05) is 11.4 Å². The van der Waals surface area contributed by atoms with Crippen molar-refractivity contribution in [2.75, 3.05) is 0 Å². The van der Waals surface area contributed by atoms with Crippen LogP contribution in [0.3, 0.4) is 0 Å². The van der Waals surface area contributed by atoms with Gasteiger partial charge in [0.25, 0.3) is 0 Å². The Morgan fingerprint density at radius 2 is 2.45 bits per heavy atom. The van der Waals surface area contributed by atoms with E-state index in [1.54, 1.807) is 11.3 Å². The van der Waals surface area contributed by atoms with Crippen LogP contribution in [0.15, 0.2) is 11.4 Å². The fourth-order valence-electron chi connectivity index (χ4n) is 1.04. The molecule has 0 spiro atoms. The van der Waals surface area contributed by atoms with Gasteiger partial charge in [0, 0.05) is 6.04 Å². The standard InChI is InChI=1S/C8H12ClNS/c1-2-3-7(10)6-4-5-11-8(6)9/h4-5,7H,2-3,10H2,1H3/t7-/m1/s1. The molecule has 0 bridgehead atoms. The van der Waals surface area contributed by atoms with Crippen LogP contribution < -0.4 is 5.73 Å². The minimum atomic E-state index is 0.124. The first-order valence-corrected chi connectivity index (χ1v) is 5.00. The summed E-state index contributed by atoms with van der Waals surface area (Å²) in [6.07, 6.45) is 2.11. The van der Waals surface area contributed by atoms with Gasteiger partial charge in [0.05, 0.1) is 4.34 Å². The molecule has 0 aliphatic rings. The molecule has 0 fully saturated rings. The van der Waals surface area contributed by atoms with Crippen molar-refractivity contribution < 1.29 is 0 Å². The molecule has 3 heteroatoms. The lowest BCUT2D eigenvalue weighted by Gasteiger charge is -2.07. The molecule has 1 nitrogen and oxygen atoms in total. The van der Waals surface area contributed by atoms with E-state index in [0.29, 0.717) is 0 Å². The van der Waals surface area contributed by atoms with Crippen molar-refractivity contribution in [3.05, 3.63) is 21.3 Å². The summed E-state index contributed by atoms with van der Waals surface area (Å²) >= 11 is 7.45. The van der Waals surface area contributed by atoms with E-state index >= 15 is 0 Å². The third kappa shape index (κ3) is 2.19. The summed E-state index contributed by atoms with van der Waals surface area (Å²) in [5.74, 6) is 0. The molecule has 0 radical (unpaired) electrons. The molecule has 62 valence electrons. The fraction of sp³-hybridized carbons (Fsp3) is 0.500. The SMILES string of the molecule is CCC[C@@H](N)c1ccsc1Cl. The van der Waals surface area contributed by atoms with E-state index in [2.05, 4.69) is 6.92 Å². The quantitative estimate of drug-likeness (QED) is 0.777. The van der Waals surface area contributed by atoms with E-state index in [-0.39, 0.29) is 6.04 Å². The van der Waals surface area contributed by atoms with Crippen LogP contribution in [0.4, 0.5) is 0 Å². The first-order valence-electron chi connectivity index (χ1n) is 3.74. The summed E-state index contributed by atoms with van der Waals surface area (Å²) in [4.78, 5) is 0. The fourth-order valence-corrected chi connectivity index (χ4v) is 2.08. The third-order valence-electron chi connectivity index (χ3n) is 1.65. The monoisotopic (exact) mass is 189 g/mol. The molecule has 1 atom stereocenters. The van der Waals surface area contributed by atoms with Crippen LogP contribution in [0.1, 0.15) is 31.4 Å². The molecule has 1 aromatic heterocycles. The Balaban J connectivity index is 2.67. The van der Waals surface area contributed by atoms with Gasteiger partial charge in [-0.2, -0.15) is 0 Å². The minimum Gasteiger partial charge on any atom is -0.324 e. The lowest BCUT2D eigenvalue weighted by molar-refractivity contribution is 0.640. The van der Waals surface area contributed by atoms with Crippen LogP contribution in [0.2, 0.25) is 4.34 Å². The molecule has 0 saturated heterocycles. The Kier molecular flexibility index (Phi) is 3.37. The van der Waals surface area contributed by atoms with Crippen LogP contribution in [-0.4, -0.2) is 0 Å². The van der Waals surface area contributed by atoms with Gasteiger partial charge >= 0.3 is 0 Å². The van der Waals surface area contributed by atoms with Crippen molar-refractivity contribution in [1.82, 2.24) is 0 Å². The van der Waals surface area contributed by atoms with Gasteiger partial charge in [-0.05, 0) is 23.4 Å². The maximum absolute atomic E-state index is 5.91. The molecule has 0 amide bonds. The first-order chi connectivity index (χ1) is 5.25. The molecule has 0 saturated carbocycles. The van der Waals surface area contributed by atoms with Crippen molar-refractivity contribution in [2.24, 2.45) is 5.73 Å². The highest BCUT2D eigenvalue weighted by molar-refractivity contribution is 7.14. The number of rotatable bonds is 3. The lowest BCUT2D eigenvalue weighted by Crippen LogP contribution is -2.08. The van der Waals surface area contributed by atoms with Gasteiger partial charge in [-0.15, -0.1) is 11.3 Å². The first kappa shape index (κ1) is 9.04. The zero-order valence-corrected chi connectivity index (χ0v) is 8.08. The second-order valence-corrected chi connectivity index (χ2v) is 4.06. The van der Waals surface area contributed by atoms with Gasteiger partial charge < -0.3 is 5.73 Å². The number of halogens is 1. The predicted molar refractivity (Wildman–Crippen MR) is 51.2 cm³/mol. The van der Waals surface area contributed by atoms with E-state index in [4.69, 9.17) is 17.3 Å². The van der Waals surface area contributed by atoms with Crippen LogP contribution in [-0.2, 0) is 0 Å². The second kappa shape index (κ2) is 4.10. The highest BCUT2D eigenvalue weighted by Gasteiger charge is 2.09. The van der Waals surface area contributed by atoms with Crippen LogP contribution >= 0.6 is 22.9 Å². The molecular formula is C8H12ClNS. The minimum absolute atomic E-state index is 0.124. The van der Waals surface area contributed by atoms with Crippen molar-refractivity contribution >= 4 is 22.9 Å². The van der Waals surface area contributed by atoms with Gasteiger partial charge in [0.1, 0.15) is 0 Å². The summed E-state index contributed by atoms with van der Waals surface area (Å²) in [6.45, 7) is 2.13. The number of hydrogen-bond donors (Lipinski definition) is 1. The molecule has 0 aliphatic heterocycles. The number of nitrogens with two attached hydrogens (primary N) is 1. The summed E-state index contributed by atoms with van der Waals surface area (Å²) in [6, 6.07) is 2.13. The van der Waals surface area contributed by atoms with Crippen molar-refractivity contribution in [1.29, 1.82) is 0 Å². The lowest BCUT2D eigenvalue weighted by atomic mass is 10.1.